The largest absolute Gasteiger partial charge is 0.505 e. The van der Waals surface area contributed by atoms with Crippen LogP contribution in [0.2, 0.25) is 5.02 Å². The van der Waals surface area contributed by atoms with Gasteiger partial charge in [0.1, 0.15) is 0 Å². The van der Waals surface area contributed by atoms with Gasteiger partial charge in [-0.15, -0.1) is 0 Å². The van der Waals surface area contributed by atoms with E-state index in [1.54, 1.807) is 13.4 Å². The second-order valence-electron chi connectivity index (χ2n) is 2.44. The van der Waals surface area contributed by atoms with Crippen LogP contribution in [0.1, 0.15) is 5.56 Å². The summed E-state index contributed by atoms with van der Waals surface area (Å²) in [7, 11) is 1.64. The smallest absolute Gasteiger partial charge is 0.0788 e. The number of rotatable bonds is 3. The Morgan fingerprint density at radius 2 is 2.00 bits per heavy atom. The molecule has 1 aromatic rings. The van der Waals surface area contributed by atoms with Gasteiger partial charge in [0.2, 0.25) is 0 Å². The standard InChI is InChI=1S/C10H11ClO/c1-12-8-2-3-9-4-6-10(11)7-5-9/h2,4-8H,3H2,1H3. The van der Waals surface area contributed by atoms with Crippen LogP contribution in [0, 0.1) is 0 Å². The molecule has 0 heterocycles. The molecule has 0 fully saturated rings. The maximum absolute atomic E-state index is 5.73. The maximum Gasteiger partial charge on any atom is 0.0788 e. The Labute approximate surface area is 77.6 Å². The van der Waals surface area contributed by atoms with E-state index in [-0.39, 0.29) is 0 Å². The Morgan fingerprint density at radius 3 is 2.58 bits per heavy atom. The Hall–Kier alpha value is -0.950. The molecule has 2 heteroatoms. The molecular weight excluding hydrogens is 172 g/mol. The highest BCUT2D eigenvalue weighted by molar-refractivity contribution is 6.30. The van der Waals surface area contributed by atoms with Gasteiger partial charge in [-0.25, -0.2) is 0 Å². The predicted octanol–water partition coefficient (Wildman–Crippen LogP) is 3.04. The Bertz CT molecular complexity index is 251. The molecule has 0 saturated carbocycles. The first-order chi connectivity index (χ1) is 5.83. The van der Waals surface area contributed by atoms with Crippen molar-refractivity contribution in [1.82, 2.24) is 0 Å². The fourth-order valence-electron chi connectivity index (χ4n) is 0.901. The van der Waals surface area contributed by atoms with Crippen molar-refractivity contribution in [3.63, 3.8) is 0 Å². The van der Waals surface area contributed by atoms with Crippen LogP contribution >= 0.6 is 11.6 Å². The highest BCUT2D eigenvalue weighted by Gasteiger charge is 1.88. The van der Waals surface area contributed by atoms with Gasteiger partial charge >= 0.3 is 0 Å². The van der Waals surface area contributed by atoms with Crippen molar-refractivity contribution < 1.29 is 4.74 Å². The molecule has 0 saturated heterocycles. The minimum atomic E-state index is 0.773. The topological polar surface area (TPSA) is 9.23 Å². The van der Waals surface area contributed by atoms with Crippen molar-refractivity contribution in [3.8, 4) is 0 Å². The van der Waals surface area contributed by atoms with E-state index in [1.807, 2.05) is 30.3 Å². The van der Waals surface area contributed by atoms with Crippen molar-refractivity contribution in [2.45, 2.75) is 6.42 Å². The highest BCUT2D eigenvalue weighted by atomic mass is 35.5. The summed E-state index contributed by atoms with van der Waals surface area (Å²) >= 11 is 5.73. The molecule has 0 aliphatic carbocycles. The van der Waals surface area contributed by atoms with Crippen LogP contribution in [0.5, 0.6) is 0 Å². The van der Waals surface area contributed by atoms with Crippen molar-refractivity contribution in [3.05, 3.63) is 47.2 Å². The van der Waals surface area contributed by atoms with Crippen LogP contribution in [0.15, 0.2) is 36.6 Å². The first kappa shape index (κ1) is 9.14. The Morgan fingerprint density at radius 1 is 1.33 bits per heavy atom. The van der Waals surface area contributed by atoms with Gasteiger partial charge in [-0.2, -0.15) is 0 Å². The lowest BCUT2D eigenvalue weighted by Crippen LogP contribution is -1.79. The number of methoxy groups -OCH3 is 1. The predicted molar refractivity (Wildman–Crippen MR) is 51.3 cm³/mol. The summed E-state index contributed by atoms with van der Waals surface area (Å²) in [5.74, 6) is 0. The minimum Gasteiger partial charge on any atom is -0.505 e. The highest BCUT2D eigenvalue weighted by Crippen LogP contribution is 2.09. The fourth-order valence-corrected chi connectivity index (χ4v) is 1.03. The van der Waals surface area contributed by atoms with Crippen molar-refractivity contribution in [2.24, 2.45) is 0 Å². The maximum atomic E-state index is 5.73. The lowest BCUT2D eigenvalue weighted by Gasteiger charge is -1.95. The van der Waals surface area contributed by atoms with E-state index in [2.05, 4.69) is 0 Å². The normalized spacial score (nSPS) is 10.5. The monoisotopic (exact) mass is 182 g/mol. The average molecular weight is 183 g/mol. The number of hydrogen-bond donors (Lipinski definition) is 0. The summed E-state index contributed by atoms with van der Waals surface area (Å²) in [5.41, 5.74) is 1.23. The molecule has 0 aliphatic rings. The SMILES string of the molecule is COC=CCc1ccc(Cl)cc1. The van der Waals surface area contributed by atoms with Gasteiger partial charge in [-0.1, -0.05) is 23.7 Å². The van der Waals surface area contributed by atoms with Crippen molar-refractivity contribution in [1.29, 1.82) is 0 Å². The lowest BCUT2D eigenvalue weighted by atomic mass is 10.1. The van der Waals surface area contributed by atoms with Gasteiger partial charge in [0.15, 0.2) is 0 Å². The second-order valence-corrected chi connectivity index (χ2v) is 2.87. The molecule has 64 valence electrons. The van der Waals surface area contributed by atoms with E-state index in [1.165, 1.54) is 5.56 Å². The molecule has 12 heavy (non-hydrogen) atoms. The van der Waals surface area contributed by atoms with Crippen LogP contribution in [-0.4, -0.2) is 7.11 Å². The molecule has 0 bridgehead atoms. The molecule has 0 aromatic heterocycles. The van der Waals surface area contributed by atoms with E-state index in [0.717, 1.165) is 11.4 Å². The van der Waals surface area contributed by atoms with Gasteiger partial charge in [-0.05, 0) is 30.2 Å². The molecule has 0 spiro atoms. The van der Waals surface area contributed by atoms with Gasteiger partial charge in [0.25, 0.3) is 0 Å². The molecule has 0 N–H and O–H groups in total. The lowest BCUT2D eigenvalue weighted by molar-refractivity contribution is 0.337. The Balaban J connectivity index is 2.53. The third kappa shape index (κ3) is 2.97. The fraction of sp³-hybridized carbons (Fsp3) is 0.200. The summed E-state index contributed by atoms with van der Waals surface area (Å²) in [5, 5.41) is 0.773. The number of ether oxygens (including phenoxy) is 1. The molecule has 1 rings (SSSR count). The quantitative estimate of drug-likeness (QED) is 0.653. The zero-order valence-corrected chi connectivity index (χ0v) is 7.71. The number of hydrogen-bond acceptors (Lipinski definition) is 1. The number of allylic oxidation sites excluding steroid dienone is 1. The summed E-state index contributed by atoms with van der Waals surface area (Å²) < 4.78 is 4.78. The van der Waals surface area contributed by atoms with E-state index >= 15 is 0 Å². The first-order valence-electron chi connectivity index (χ1n) is 3.75. The van der Waals surface area contributed by atoms with Crippen LogP contribution < -0.4 is 0 Å². The molecule has 0 unspecified atom stereocenters. The third-order valence-electron chi connectivity index (χ3n) is 1.50. The van der Waals surface area contributed by atoms with E-state index in [4.69, 9.17) is 16.3 Å². The first-order valence-corrected chi connectivity index (χ1v) is 4.13. The van der Waals surface area contributed by atoms with E-state index < -0.39 is 0 Å². The van der Waals surface area contributed by atoms with E-state index in [0.29, 0.717) is 0 Å². The Kier molecular flexibility index (Phi) is 3.68. The van der Waals surface area contributed by atoms with E-state index in [9.17, 15) is 0 Å². The number of benzene rings is 1. The summed E-state index contributed by atoms with van der Waals surface area (Å²) in [6.07, 6.45) is 4.52. The molecule has 0 radical (unpaired) electrons. The molecule has 0 atom stereocenters. The zero-order chi connectivity index (χ0) is 8.81. The average Bonchev–Trinajstić information content (AvgIpc) is 2.09. The van der Waals surface area contributed by atoms with Crippen molar-refractivity contribution in [2.75, 3.05) is 7.11 Å². The second kappa shape index (κ2) is 4.83. The molecule has 1 aromatic carbocycles. The van der Waals surface area contributed by atoms with Gasteiger partial charge < -0.3 is 4.74 Å². The van der Waals surface area contributed by atoms with Gasteiger partial charge in [0.05, 0.1) is 13.4 Å². The van der Waals surface area contributed by atoms with Crippen LogP contribution in [0.4, 0.5) is 0 Å². The van der Waals surface area contributed by atoms with Gasteiger partial charge in [-0.3, -0.25) is 0 Å². The van der Waals surface area contributed by atoms with Crippen LogP contribution in [0.3, 0.4) is 0 Å². The summed E-state index contributed by atoms with van der Waals surface area (Å²) in [6.45, 7) is 0. The molecule has 0 amide bonds. The van der Waals surface area contributed by atoms with Crippen molar-refractivity contribution >= 4 is 11.6 Å². The summed E-state index contributed by atoms with van der Waals surface area (Å²) in [4.78, 5) is 0. The molecule has 1 nitrogen and oxygen atoms in total. The minimum absolute atomic E-state index is 0.773. The molecule has 0 aliphatic heterocycles. The summed E-state index contributed by atoms with van der Waals surface area (Å²) in [6, 6.07) is 7.78. The zero-order valence-electron chi connectivity index (χ0n) is 6.96. The van der Waals surface area contributed by atoms with Crippen LogP contribution in [0.25, 0.3) is 0 Å². The van der Waals surface area contributed by atoms with Gasteiger partial charge in [0, 0.05) is 5.02 Å². The molecular formula is C10H11ClO. The number of halogens is 1. The third-order valence-corrected chi connectivity index (χ3v) is 1.75. The van der Waals surface area contributed by atoms with Crippen LogP contribution in [-0.2, 0) is 11.2 Å².